The number of aryl methyl sites for hydroxylation is 1. The Balaban J connectivity index is 1.60. The fourth-order valence-electron chi connectivity index (χ4n) is 5.10. The Bertz CT molecular complexity index is 1490. The molecule has 1 aromatic heterocycles. The van der Waals surface area contributed by atoms with Crippen LogP contribution in [0.3, 0.4) is 0 Å². The largest absolute Gasteiger partial charge is 0.372 e. The lowest BCUT2D eigenvalue weighted by molar-refractivity contribution is 0.728. The van der Waals surface area contributed by atoms with Gasteiger partial charge in [0.15, 0.2) is 0 Å². The first-order valence-electron chi connectivity index (χ1n) is 13.2. The molecule has 0 amide bonds. The first-order chi connectivity index (χ1) is 18.6. The van der Waals surface area contributed by atoms with Crippen molar-refractivity contribution >= 4 is 17.2 Å². The smallest absolute Gasteiger partial charge is 0.108 e. The number of hydrogen-bond donors (Lipinski definition) is 1. The van der Waals surface area contributed by atoms with E-state index in [4.69, 9.17) is 12.2 Å². The van der Waals surface area contributed by atoms with Crippen molar-refractivity contribution in [3.05, 3.63) is 166 Å². The summed E-state index contributed by atoms with van der Waals surface area (Å²) in [6.07, 6.45) is 1.70. The highest BCUT2D eigenvalue weighted by molar-refractivity contribution is 7.80. The zero-order valence-corrected chi connectivity index (χ0v) is 23.0. The SMILES string of the molecule is Cc1ccc(Cc2c(C(=S)NCc3ccccc3)c(C)n(Cc3ccccc3)c2Cc2ccccc2)cc1. The van der Waals surface area contributed by atoms with E-state index in [1.165, 1.54) is 50.3 Å². The Kier molecular flexibility index (Phi) is 8.15. The van der Waals surface area contributed by atoms with Gasteiger partial charge in [-0.05, 0) is 48.1 Å². The van der Waals surface area contributed by atoms with Crippen LogP contribution in [-0.2, 0) is 25.9 Å². The molecule has 0 spiro atoms. The van der Waals surface area contributed by atoms with Crippen molar-refractivity contribution in [3.8, 4) is 0 Å². The van der Waals surface area contributed by atoms with Crippen LogP contribution >= 0.6 is 12.2 Å². The minimum Gasteiger partial charge on any atom is -0.372 e. The van der Waals surface area contributed by atoms with Crippen LogP contribution in [0.2, 0.25) is 0 Å². The van der Waals surface area contributed by atoms with E-state index in [1.54, 1.807) is 0 Å². The van der Waals surface area contributed by atoms with Gasteiger partial charge in [-0.15, -0.1) is 0 Å². The van der Waals surface area contributed by atoms with Crippen LogP contribution in [-0.4, -0.2) is 9.56 Å². The third-order valence-electron chi connectivity index (χ3n) is 7.16. The summed E-state index contributed by atoms with van der Waals surface area (Å²) in [5, 5.41) is 3.58. The van der Waals surface area contributed by atoms with Crippen LogP contribution in [0.1, 0.15) is 50.3 Å². The van der Waals surface area contributed by atoms with Gasteiger partial charge in [0.1, 0.15) is 4.99 Å². The lowest BCUT2D eigenvalue weighted by atomic mass is 9.96. The molecule has 5 aromatic rings. The highest BCUT2D eigenvalue weighted by atomic mass is 32.1. The van der Waals surface area contributed by atoms with Crippen molar-refractivity contribution in [3.63, 3.8) is 0 Å². The standard InChI is InChI=1S/C35H34N2S/c1-26-18-20-29(21-19-26)22-32-33(23-28-12-6-3-7-13-28)37(25-31-16-10-5-11-17-31)27(2)34(32)35(38)36-24-30-14-8-4-9-15-30/h3-21H,22-25H2,1-2H3,(H,36,38). The summed E-state index contributed by atoms with van der Waals surface area (Å²) in [4.78, 5) is 0.814. The molecule has 0 saturated carbocycles. The number of benzene rings is 4. The Morgan fingerprint density at radius 3 is 1.76 bits per heavy atom. The first-order valence-corrected chi connectivity index (χ1v) is 13.7. The highest BCUT2D eigenvalue weighted by Gasteiger charge is 2.23. The minimum atomic E-state index is 0.709. The first kappa shape index (κ1) is 25.7. The van der Waals surface area contributed by atoms with Crippen molar-refractivity contribution in [2.75, 3.05) is 0 Å². The maximum absolute atomic E-state index is 6.11. The number of hydrogen-bond acceptors (Lipinski definition) is 1. The van der Waals surface area contributed by atoms with Gasteiger partial charge in [0.25, 0.3) is 0 Å². The van der Waals surface area contributed by atoms with Crippen molar-refractivity contribution in [1.29, 1.82) is 0 Å². The maximum atomic E-state index is 6.11. The number of aromatic nitrogens is 1. The predicted octanol–water partition coefficient (Wildman–Crippen LogP) is 7.80. The molecule has 1 heterocycles. The van der Waals surface area contributed by atoms with Crippen LogP contribution in [0.4, 0.5) is 0 Å². The van der Waals surface area contributed by atoms with Crippen LogP contribution in [0.25, 0.3) is 0 Å². The lowest BCUT2D eigenvalue weighted by Gasteiger charge is -2.14. The molecule has 190 valence electrons. The van der Waals surface area contributed by atoms with E-state index in [0.29, 0.717) is 6.54 Å². The molecule has 0 bridgehead atoms. The summed E-state index contributed by atoms with van der Waals surface area (Å²) in [5.41, 5.74) is 11.4. The number of nitrogens with one attached hydrogen (secondary N) is 1. The summed E-state index contributed by atoms with van der Waals surface area (Å²) in [5.74, 6) is 0. The monoisotopic (exact) mass is 514 g/mol. The third kappa shape index (κ3) is 6.12. The molecular formula is C35H34N2S. The second kappa shape index (κ2) is 12.1. The topological polar surface area (TPSA) is 17.0 Å². The number of rotatable bonds is 9. The van der Waals surface area contributed by atoms with Gasteiger partial charge < -0.3 is 9.88 Å². The summed E-state index contributed by atoms with van der Waals surface area (Å²) in [6, 6.07) is 40.8. The second-order valence-corrected chi connectivity index (χ2v) is 10.4. The molecule has 38 heavy (non-hydrogen) atoms. The Morgan fingerprint density at radius 2 is 1.16 bits per heavy atom. The molecule has 5 rings (SSSR count). The van der Waals surface area contributed by atoms with Gasteiger partial charge in [-0.2, -0.15) is 0 Å². The third-order valence-corrected chi connectivity index (χ3v) is 7.51. The van der Waals surface area contributed by atoms with Gasteiger partial charge in [0, 0.05) is 36.5 Å². The maximum Gasteiger partial charge on any atom is 0.108 e. The molecule has 3 heteroatoms. The Morgan fingerprint density at radius 1 is 0.632 bits per heavy atom. The minimum absolute atomic E-state index is 0.709. The molecule has 1 N–H and O–H groups in total. The molecular weight excluding hydrogens is 480 g/mol. The quantitative estimate of drug-likeness (QED) is 0.202. The van der Waals surface area contributed by atoms with E-state index >= 15 is 0 Å². The summed E-state index contributed by atoms with van der Waals surface area (Å²) < 4.78 is 2.48. The fourth-order valence-corrected chi connectivity index (χ4v) is 5.45. The summed E-state index contributed by atoms with van der Waals surface area (Å²) >= 11 is 6.11. The van der Waals surface area contributed by atoms with Crippen LogP contribution in [0, 0.1) is 13.8 Å². The average Bonchev–Trinajstić information content (AvgIpc) is 3.20. The molecule has 0 atom stereocenters. The van der Waals surface area contributed by atoms with Crippen LogP contribution in [0.15, 0.2) is 115 Å². The van der Waals surface area contributed by atoms with Crippen LogP contribution < -0.4 is 5.32 Å². The van der Waals surface area contributed by atoms with E-state index in [0.717, 1.165) is 24.4 Å². The van der Waals surface area contributed by atoms with Gasteiger partial charge in [0.05, 0.1) is 0 Å². The fraction of sp³-hybridized carbons (Fsp3) is 0.171. The zero-order chi connectivity index (χ0) is 26.3. The Hall–Kier alpha value is -3.95. The molecule has 0 aliphatic carbocycles. The van der Waals surface area contributed by atoms with Gasteiger partial charge in [0.2, 0.25) is 0 Å². The van der Waals surface area contributed by atoms with Gasteiger partial charge in [-0.3, -0.25) is 0 Å². The number of nitrogens with zero attached hydrogens (tertiary/aromatic N) is 1. The second-order valence-electron chi connectivity index (χ2n) is 9.95. The van der Waals surface area contributed by atoms with E-state index < -0.39 is 0 Å². The van der Waals surface area contributed by atoms with Crippen LogP contribution in [0.5, 0.6) is 0 Å². The zero-order valence-electron chi connectivity index (χ0n) is 22.2. The molecule has 0 aliphatic heterocycles. The van der Waals surface area contributed by atoms with E-state index in [2.05, 4.69) is 133 Å². The molecule has 0 saturated heterocycles. The summed E-state index contributed by atoms with van der Waals surface area (Å²) in [6.45, 7) is 5.89. The van der Waals surface area contributed by atoms with E-state index in [9.17, 15) is 0 Å². The van der Waals surface area contributed by atoms with Crippen molar-refractivity contribution < 1.29 is 0 Å². The normalized spacial score (nSPS) is 10.9. The molecule has 0 unspecified atom stereocenters. The van der Waals surface area contributed by atoms with E-state index in [1.807, 2.05) is 6.07 Å². The van der Waals surface area contributed by atoms with Crippen molar-refractivity contribution in [2.24, 2.45) is 0 Å². The van der Waals surface area contributed by atoms with Gasteiger partial charge in [-0.1, -0.05) is 133 Å². The van der Waals surface area contributed by atoms with Crippen molar-refractivity contribution in [1.82, 2.24) is 9.88 Å². The number of thiocarbonyl (C=S) groups is 1. The van der Waals surface area contributed by atoms with Crippen molar-refractivity contribution in [2.45, 2.75) is 39.8 Å². The predicted molar refractivity (Wildman–Crippen MR) is 163 cm³/mol. The highest BCUT2D eigenvalue weighted by Crippen LogP contribution is 2.29. The summed E-state index contributed by atoms with van der Waals surface area (Å²) in [7, 11) is 0. The molecule has 2 nitrogen and oxygen atoms in total. The molecule has 0 fully saturated rings. The molecule has 4 aromatic carbocycles. The Labute approximate surface area is 232 Å². The van der Waals surface area contributed by atoms with Gasteiger partial charge in [-0.25, -0.2) is 0 Å². The lowest BCUT2D eigenvalue weighted by Crippen LogP contribution is -2.23. The molecule has 0 aliphatic rings. The average molecular weight is 515 g/mol. The van der Waals surface area contributed by atoms with Gasteiger partial charge >= 0.3 is 0 Å². The molecule has 0 radical (unpaired) electrons. The van der Waals surface area contributed by atoms with E-state index in [-0.39, 0.29) is 0 Å².